The molecule has 4 atom stereocenters. The Morgan fingerprint density at radius 3 is 2.63 bits per heavy atom. The smallest absolute Gasteiger partial charge is 0.129 e. The lowest BCUT2D eigenvalue weighted by atomic mass is 9.95. The molecule has 2 aromatic carbocycles. The molecule has 2 heterocycles. The summed E-state index contributed by atoms with van der Waals surface area (Å²) < 4.78 is 0. The number of hydrogen-bond acceptors (Lipinski definition) is 4. The number of anilines is 1. The minimum Gasteiger partial charge on any atom is -0.396 e. The normalized spacial score (nSPS) is 29.6. The topological polar surface area (TPSA) is 56.6 Å². The summed E-state index contributed by atoms with van der Waals surface area (Å²) >= 11 is 0. The van der Waals surface area contributed by atoms with Crippen LogP contribution in [0.5, 0.6) is 0 Å². The summed E-state index contributed by atoms with van der Waals surface area (Å²) in [5.41, 5.74) is 3.11. The van der Waals surface area contributed by atoms with Crippen LogP contribution in [0, 0.1) is 18.3 Å². The number of aliphatic hydroxyl groups is 2. The number of aromatic nitrogens is 1. The van der Waals surface area contributed by atoms with Gasteiger partial charge in [-0.05, 0) is 42.0 Å². The molecule has 1 spiro atoms. The maximum atomic E-state index is 11.0. The number of para-hydroxylation sites is 1. The summed E-state index contributed by atoms with van der Waals surface area (Å²) in [4.78, 5) is 7.04. The van der Waals surface area contributed by atoms with E-state index in [4.69, 9.17) is 4.98 Å². The lowest BCUT2D eigenvalue weighted by Gasteiger charge is -2.19. The number of benzene rings is 2. The van der Waals surface area contributed by atoms with Crippen molar-refractivity contribution in [3.05, 3.63) is 71.8 Å². The van der Waals surface area contributed by atoms with Gasteiger partial charge in [0.1, 0.15) is 5.82 Å². The highest BCUT2D eigenvalue weighted by molar-refractivity contribution is 5.84. The third-order valence-corrected chi connectivity index (χ3v) is 6.63. The van der Waals surface area contributed by atoms with Gasteiger partial charge >= 0.3 is 0 Å². The van der Waals surface area contributed by atoms with Gasteiger partial charge in [0, 0.05) is 30.5 Å². The lowest BCUT2D eigenvalue weighted by Crippen LogP contribution is -2.23. The van der Waals surface area contributed by atoms with E-state index in [2.05, 4.69) is 36.1 Å². The molecule has 0 bridgehead atoms. The first kappa shape index (κ1) is 16.7. The second kappa shape index (κ2) is 6.04. The molecule has 0 unspecified atom stereocenters. The summed E-state index contributed by atoms with van der Waals surface area (Å²) in [5, 5.41) is 22.1. The maximum Gasteiger partial charge on any atom is 0.129 e. The molecule has 0 radical (unpaired) electrons. The van der Waals surface area contributed by atoms with Crippen LogP contribution in [0.3, 0.4) is 0 Å². The van der Waals surface area contributed by atoms with Crippen LogP contribution in [0.25, 0.3) is 10.9 Å². The Hall–Kier alpha value is -2.43. The van der Waals surface area contributed by atoms with Gasteiger partial charge in [-0.3, -0.25) is 0 Å². The van der Waals surface area contributed by atoms with E-state index in [-0.39, 0.29) is 23.9 Å². The van der Waals surface area contributed by atoms with Crippen LogP contribution in [0.4, 0.5) is 5.82 Å². The first-order valence-corrected chi connectivity index (χ1v) is 9.60. The predicted molar refractivity (Wildman–Crippen MR) is 107 cm³/mol. The molecule has 0 amide bonds. The highest BCUT2D eigenvalue weighted by Crippen LogP contribution is 2.68. The number of aliphatic hydroxyl groups excluding tert-OH is 2. The highest BCUT2D eigenvalue weighted by atomic mass is 16.3. The first-order valence-electron chi connectivity index (χ1n) is 9.60. The van der Waals surface area contributed by atoms with Crippen molar-refractivity contribution in [3.63, 3.8) is 0 Å². The minimum atomic E-state index is -0.464. The zero-order chi connectivity index (χ0) is 18.6. The molecular weight excluding hydrogens is 336 g/mol. The minimum absolute atomic E-state index is 0.0986. The Morgan fingerprint density at radius 2 is 1.85 bits per heavy atom. The number of rotatable bonds is 3. The molecule has 2 N–H and O–H groups in total. The quantitative estimate of drug-likeness (QED) is 0.754. The molecule has 4 heteroatoms. The van der Waals surface area contributed by atoms with Gasteiger partial charge in [-0.1, -0.05) is 48.5 Å². The van der Waals surface area contributed by atoms with Crippen molar-refractivity contribution in [1.82, 2.24) is 4.98 Å². The molecule has 1 saturated heterocycles. The SMILES string of the molecule is Cc1cc(N2C[C@H](O)[C@@]3(C2)[C@H](CO)[C@H]3c2ccccc2)nc2ccccc12. The van der Waals surface area contributed by atoms with Gasteiger partial charge in [0.2, 0.25) is 0 Å². The molecule has 1 aliphatic carbocycles. The number of β-amino-alcohol motifs (C(OH)–C–C–N with tert-alkyl or cyclic N) is 1. The van der Waals surface area contributed by atoms with Crippen molar-refractivity contribution in [2.45, 2.75) is 18.9 Å². The van der Waals surface area contributed by atoms with E-state index in [0.29, 0.717) is 6.54 Å². The Labute approximate surface area is 159 Å². The molecule has 3 aromatic rings. The van der Waals surface area contributed by atoms with Crippen LogP contribution in [0.2, 0.25) is 0 Å². The van der Waals surface area contributed by atoms with Gasteiger partial charge in [0.05, 0.1) is 11.6 Å². The van der Waals surface area contributed by atoms with Gasteiger partial charge in [0.25, 0.3) is 0 Å². The number of aryl methyl sites for hydroxylation is 1. The molecule has 138 valence electrons. The van der Waals surface area contributed by atoms with Crippen molar-refractivity contribution in [1.29, 1.82) is 0 Å². The molecule has 2 fully saturated rings. The Bertz CT molecular complexity index is 990. The number of pyridine rings is 1. The molecule has 1 aromatic heterocycles. The van der Waals surface area contributed by atoms with Gasteiger partial charge < -0.3 is 15.1 Å². The molecule has 27 heavy (non-hydrogen) atoms. The van der Waals surface area contributed by atoms with E-state index in [9.17, 15) is 10.2 Å². The van der Waals surface area contributed by atoms with Crippen molar-refractivity contribution < 1.29 is 10.2 Å². The summed E-state index contributed by atoms with van der Waals surface area (Å²) in [7, 11) is 0. The summed E-state index contributed by atoms with van der Waals surface area (Å²) in [6, 6.07) is 20.6. The van der Waals surface area contributed by atoms with E-state index in [1.165, 1.54) is 11.1 Å². The molecule has 4 nitrogen and oxygen atoms in total. The highest BCUT2D eigenvalue weighted by Gasteiger charge is 2.71. The predicted octanol–water partition coefficient (Wildman–Crippen LogP) is 3.12. The molecule has 5 rings (SSSR count). The number of hydrogen-bond donors (Lipinski definition) is 2. The van der Waals surface area contributed by atoms with Crippen LogP contribution in [0.15, 0.2) is 60.7 Å². The van der Waals surface area contributed by atoms with Crippen LogP contribution in [-0.4, -0.2) is 41.0 Å². The second-order valence-corrected chi connectivity index (χ2v) is 8.00. The van der Waals surface area contributed by atoms with Crippen LogP contribution >= 0.6 is 0 Å². The average molecular weight is 360 g/mol. The fourth-order valence-electron chi connectivity index (χ4n) is 5.24. The van der Waals surface area contributed by atoms with Gasteiger partial charge in [-0.25, -0.2) is 4.98 Å². The third-order valence-electron chi connectivity index (χ3n) is 6.63. The van der Waals surface area contributed by atoms with E-state index in [1.54, 1.807) is 0 Å². The first-order chi connectivity index (χ1) is 13.1. The number of nitrogens with zero attached hydrogens (tertiary/aromatic N) is 2. The largest absolute Gasteiger partial charge is 0.396 e. The van der Waals surface area contributed by atoms with Crippen molar-refractivity contribution in [2.75, 3.05) is 24.6 Å². The van der Waals surface area contributed by atoms with Gasteiger partial charge in [-0.15, -0.1) is 0 Å². The van der Waals surface area contributed by atoms with Crippen molar-refractivity contribution in [2.24, 2.45) is 11.3 Å². The fraction of sp³-hybridized carbons (Fsp3) is 0.348. The summed E-state index contributed by atoms with van der Waals surface area (Å²) in [5.74, 6) is 1.21. The van der Waals surface area contributed by atoms with Crippen molar-refractivity contribution >= 4 is 16.7 Å². The second-order valence-electron chi connectivity index (χ2n) is 8.00. The van der Waals surface area contributed by atoms with Gasteiger partial charge in [0.15, 0.2) is 0 Å². The van der Waals surface area contributed by atoms with E-state index in [1.807, 2.05) is 36.4 Å². The van der Waals surface area contributed by atoms with Gasteiger partial charge in [-0.2, -0.15) is 0 Å². The fourth-order valence-corrected chi connectivity index (χ4v) is 5.24. The number of fused-ring (bicyclic) bond motifs is 1. The Morgan fingerprint density at radius 1 is 1.11 bits per heavy atom. The van der Waals surface area contributed by atoms with E-state index in [0.717, 1.165) is 23.3 Å². The average Bonchev–Trinajstić information content (AvgIpc) is 3.23. The van der Waals surface area contributed by atoms with Crippen LogP contribution in [0.1, 0.15) is 17.0 Å². The zero-order valence-corrected chi connectivity index (χ0v) is 15.4. The summed E-state index contributed by atoms with van der Waals surface area (Å²) in [6.45, 7) is 3.50. The van der Waals surface area contributed by atoms with E-state index >= 15 is 0 Å². The zero-order valence-electron chi connectivity index (χ0n) is 15.4. The lowest BCUT2D eigenvalue weighted by molar-refractivity contribution is 0.113. The van der Waals surface area contributed by atoms with Crippen molar-refractivity contribution in [3.8, 4) is 0 Å². The molecule has 1 saturated carbocycles. The summed E-state index contributed by atoms with van der Waals surface area (Å²) in [6.07, 6.45) is -0.464. The monoisotopic (exact) mass is 360 g/mol. The van der Waals surface area contributed by atoms with E-state index < -0.39 is 6.10 Å². The Balaban J connectivity index is 1.50. The standard InChI is InChI=1S/C23H24N2O2/c1-15-11-21(24-19-10-6-5-9-17(15)19)25-12-20(27)23(14-25)18(13-26)22(23)16-7-3-2-4-8-16/h2-11,18,20,22,26-27H,12-14H2,1H3/t18-,20+,22-,23-/m1/s1. The molecule has 2 aliphatic rings. The molecule has 1 aliphatic heterocycles. The van der Waals surface area contributed by atoms with Crippen LogP contribution in [-0.2, 0) is 0 Å². The molecular formula is C23H24N2O2. The Kier molecular flexibility index (Phi) is 3.74. The maximum absolute atomic E-state index is 11.0. The van der Waals surface area contributed by atoms with Crippen LogP contribution < -0.4 is 4.90 Å². The third kappa shape index (κ3) is 2.40.